The van der Waals surface area contributed by atoms with Gasteiger partial charge in [-0.2, -0.15) is 0 Å². The number of aromatic nitrogens is 3. The zero-order chi connectivity index (χ0) is 11.5. The minimum absolute atomic E-state index is 0.426. The van der Waals surface area contributed by atoms with Crippen molar-refractivity contribution in [2.75, 3.05) is 0 Å². The van der Waals surface area contributed by atoms with E-state index in [9.17, 15) is 0 Å². The molecule has 1 aromatic carbocycles. The zero-order valence-corrected chi connectivity index (χ0v) is 10.7. The summed E-state index contributed by atoms with van der Waals surface area (Å²) in [5.41, 5.74) is 2.01. The number of benzene rings is 1. The lowest BCUT2D eigenvalue weighted by Crippen LogP contribution is -1.96. The van der Waals surface area contributed by atoms with E-state index in [0.717, 1.165) is 15.9 Å². The molecular weight excluding hydrogens is 270 g/mol. The van der Waals surface area contributed by atoms with Gasteiger partial charge in [0.25, 0.3) is 0 Å². The quantitative estimate of drug-likeness (QED) is 0.868. The molecule has 84 valence electrons. The maximum absolute atomic E-state index is 5.63. The van der Waals surface area contributed by atoms with E-state index in [2.05, 4.69) is 26.2 Å². The first-order chi connectivity index (χ1) is 7.65. The molecular formula is C11H12BrN3O. The molecule has 0 spiro atoms. The minimum Gasteiger partial charge on any atom is -0.486 e. The van der Waals surface area contributed by atoms with Crippen LogP contribution < -0.4 is 4.74 Å². The number of nitrogens with zero attached hydrogens (tertiary/aromatic N) is 3. The van der Waals surface area contributed by atoms with Gasteiger partial charge in [-0.05, 0) is 40.5 Å². The molecule has 1 aromatic heterocycles. The molecule has 0 aliphatic heterocycles. The molecule has 0 saturated carbocycles. The molecule has 0 aliphatic rings. The fourth-order valence-corrected chi connectivity index (χ4v) is 1.94. The Hall–Kier alpha value is -1.36. The summed E-state index contributed by atoms with van der Waals surface area (Å²) < 4.78 is 8.24. The molecule has 4 nitrogen and oxygen atoms in total. The van der Waals surface area contributed by atoms with E-state index in [1.165, 1.54) is 5.56 Å². The van der Waals surface area contributed by atoms with Crippen LogP contribution in [0.25, 0.3) is 0 Å². The summed E-state index contributed by atoms with van der Waals surface area (Å²) in [5, 5.41) is 7.79. The van der Waals surface area contributed by atoms with Gasteiger partial charge in [-0.1, -0.05) is 11.3 Å². The molecule has 0 radical (unpaired) electrons. The Labute approximate surface area is 102 Å². The first kappa shape index (κ1) is 11.1. The summed E-state index contributed by atoms with van der Waals surface area (Å²) in [6.45, 7) is 2.46. The second kappa shape index (κ2) is 4.65. The molecule has 5 heteroatoms. The summed E-state index contributed by atoms with van der Waals surface area (Å²) in [5.74, 6) is 0.816. The van der Waals surface area contributed by atoms with E-state index in [-0.39, 0.29) is 0 Å². The lowest BCUT2D eigenvalue weighted by atomic mass is 10.2. The summed E-state index contributed by atoms with van der Waals surface area (Å²) in [7, 11) is 1.83. The van der Waals surface area contributed by atoms with E-state index in [1.54, 1.807) is 4.68 Å². The Morgan fingerprint density at radius 2 is 2.25 bits per heavy atom. The zero-order valence-electron chi connectivity index (χ0n) is 9.14. The standard InChI is InChI=1S/C11H12BrN3O/c1-8-3-4-11(10(12)5-8)16-7-9-6-15(2)14-13-9/h3-6H,7H2,1-2H3. The monoisotopic (exact) mass is 281 g/mol. The topological polar surface area (TPSA) is 39.9 Å². The fraction of sp³-hybridized carbons (Fsp3) is 0.273. The van der Waals surface area contributed by atoms with Crippen LogP contribution in [0.4, 0.5) is 0 Å². The highest BCUT2D eigenvalue weighted by Gasteiger charge is 2.03. The van der Waals surface area contributed by atoms with Crippen LogP contribution in [0, 0.1) is 6.92 Å². The van der Waals surface area contributed by atoms with Gasteiger partial charge in [0.2, 0.25) is 0 Å². The number of ether oxygens (including phenoxy) is 1. The van der Waals surface area contributed by atoms with Gasteiger partial charge in [0.15, 0.2) is 0 Å². The van der Waals surface area contributed by atoms with Gasteiger partial charge in [0.05, 0.1) is 10.7 Å². The molecule has 0 unspecified atom stereocenters. The van der Waals surface area contributed by atoms with Crippen molar-refractivity contribution in [3.8, 4) is 5.75 Å². The largest absolute Gasteiger partial charge is 0.486 e. The van der Waals surface area contributed by atoms with Crippen LogP contribution in [0.15, 0.2) is 28.9 Å². The summed E-state index contributed by atoms with van der Waals surface area (Å²) >= 11 is 3.46. The summed E-state index contributed by atoms with van der Waals surface area (Å²) in [6.07, 6.45) is 1.84. The summed E-state index contributed by atoms with van der Waals surface area (Å²) in [6, 6.07) is 5.97. The molecule has 2 rings (SSSR count). The first-order valence-electron chi connectivity index (χ1n) is 4.89. The van der Waals surface area contributed by atoms with Crippen molar-refractivity contribution >= 4 is 15.9 Å². The smallest absolute Gasteiger partial charge is 0.134 e. The van der Waals surface area contributed by atoms with Crippen LogP contribution >= 0.6 is 15.9 Å². The molecule has 2 aromatic rings. The lowest BCUT2D eigenvalue weighted by molar-refractivity contribution is 0.299. The van der Waals surface area contributed by atoms with Gasteiger partial charge >= 0.3 is 0 Å². The number of aryl methyl sites for hydroxylation is 2. The van der Waals surface area contributed by atoms with Gasteiger partial charge in [-0.25, -0.2) is 0 Å². The van der Waals surface area contributed by atoms with Crippen molar-refractivity contribution in [1.82, 2.24) is 15.0 Å². The van der Waals surface area contributed by atoms with Crippen molar-refractivity contribution in [3.05, 3.63) is 40.1 Å². The van der Waals surface area contributed by atoms with Gasteiger partial charge in [-0.3, -0.25) is 4.68 Å². The SMILES string of the molecule is Cc1ccc(OCc2cn(C)nn2)c(Br)c1. The third kappa shape index (κ3) is 2.61. The number of rotatable bonds is 3. The van der Waals surface area contributed by atoms with Gasteiger partial charge in [0, 0.05) is 7.05 Å². The Kier molecular flexibility index (Phi) is 3.24. The Morgan fingerprint density at radius 1 is 1.44 bits per heavy atom. The number of halogens is 1. The van der Waals surface area contributed by atoms with Crippen molar-refractivity contribution in [3.63, 3.8) is 0 Å². The van der Waals surface area contributed by atoms with Crippen LogP contribution in [0.3, 0.4) is 0 Å². The van der Waals surface area contributed by atoms with E-state index < -0.39 is 0 Å². The van der Waals surface area contributed by atoms with Crippen LogP contribution in [0.1, 0.15) is 11.3 Å². The second-order valence-electron chi connectivity index (χ2n) is 3.61. The van der Waals surface area contributed by atoms with Crippen molar-refractivity contribution in [2.45, 2.75) is 13.5 Å². The van der Waals surface area contributed by atoms with Crippen LogP contribution in [-0.4, -0.2) is 15.0 Å². The molecule has 1 heterocycles. The first-order valence-corrected chi connectivity index (χ1v) is 5.68. The van der Waals surface area contributed by atoms with Crippen LogP contribution in [0.2, 0.25) is 0 Å². The predicted octanol–water partition coefficient (Wildman–Crippen LogP) is 2.47. The molecule has 0 saturated heterocycles. The summed E-state index contributed by atoms with van der Waals surface area (Å²) in [4.78, 5) is 0. The molecule has 0 amide bonds. The van der Waals surface area contributed by atoms with E-state index in [4.69, 9.17) is 4.74 Å². The van der Waals surface area contributed by atoms with Crippen molar-refractivity contribution < 1.29 is 4.74 Å². The molecule has 0 fully saturated rings. The molecule has 0 atom stereocenters. The van der Waals surface area contributed by atoms with Crippen LogP contribution in [-0.2, 0) is 13.7 Å². The fourth-order valence-electron chi connectivity index (χ4n) is 1.34. The third-order valence-corrected chi connectivity index (χ3v) is 2.73. The second-order valence-corrected chi connectivity index (χ2v) is 4.46. The van der Waals surface area contributed by atoms with E-state index in [1.807, 2.05) is 38.4 Å². The highest BCUT2D eigenvalue weighted by atomic mass is 79.9. The van der Waals surface area contributed by atoms with Crippen molar-refractivity contribution in [1.29, 1.82) is 0 Å². The normalized spacial score (nSPS) is 10.4. The third-order valence-electron chi connectivity index (χ3n) is 2.11. The Morgan fingerprint density at radius 3 is 2.88 bits per heavy atom. The highest BCUT2D eigenvalue weighted by molar-refractivity contribution is 9.10. The maximum Gasteiger partial charge on any atom is 0.134 e. The Bertz CT molecular complexity index is 496. The van der Waals surface area contributed by atoms with Gasteiger partial charge in [0.1, 0.15) is 18.1 Å². The maximum atomic E-state index is 5.63. The van der Waals surface area contributed by atoms with Gasteiger partial charge < -0.3 is 4.74 Å². The molecule has 0 N–H and O–H groups in total. The van der Waals surface area contributed by atoms with Crippen molar-refractivity contribution in [2.24, 2.45) is 7.05 Å². The Balaban J connectivity index is 2.04. The number of hydrogen-bond acceptors (Lipinski definition) is 3. The lowest BCUT2D eigenvalue weighted by Gasteiger charge is -2.06. The average Bonchev–Trinajstić information content (AvgIpc) is 2.63. The van der Waals surface area contributed by atoms with E-state index in [0.29, 0.717) is 6.61 Å². The predicted molar refractivity (Wildman–Crippen MR) is 64.2 cm³/mol. The molecule has 16 heavy (non-hydrogen) atoms. The highest BCUT2D eigenvalue weighted by Crippen LogP contribution is 2.26. The number of hydrogen-bond donors (Lipinski definition) is 0. The average molecular weight is 282 g/mol. The van der Waals surface area contributed by atoms with E-state index >= 15 is 0 Å². The minimum atomic E-state index is 0.426. The van der Waals surface area contributed by atoms with Gasteiger partial charge in [-0.15, -0.1) is 5.10 Å². The molecule has 0 aliphatic carbocycles. The van der Waals surface area contributed by atoms with Crippen LogP contribution in [0.5, 0.6) is 5.75 Å². The molecule has 0 bridgehead atoms.